The molecule has 0 aliphatic heterocycles. The highest BCUT2D eigenvalue weighted by Crippen LogP contribution is 2.37. The average Bonchev–Trinajstić information content (AvgIpc) is 2.37. The Hall–Kier alpha value is -1.33. The van der Waals surface area contributed by atoms with Gasteiger partial charge in [0.1, 0.15) is 5.82 Å². The van der Waals surface area contributed by atoms with E-state index in [1.165, 1.54) is 26.4 Å². The molecule has 3 N–H and O–H groups in total. The maximum atomic E-state index is 14.0. The zero-order valence-corrected chi connectivity index (χ0v) is 11.2. The molecule has 1 rings (SSSR count). The normalized spacial score (nSPS) is 13.3. The average molecular weight is 257 g/mol. The molecule has 102 valence electrons. The molecular weight excluding hydrogens is 237 g/mol. The van der Waals surface area contributed by atoms with Gasteiger partial charge in [-0.25, -0.2) is 4.39 Å². The highest BCUT2D eigenvalue weighted by molar-refractivity contribution is 5.45. The molecular formula is C13H20FNO3. The van der Waals surface area contributed by atoms with Crippen LogP contribution >= 0.6 is 0 Å². The molecule has 4 nitrogen and oxygen atoms in total. The highest BCUT2D eigenvalue weighted by Gasteiger charge is 2.30. The third kappa shape index (κ3) is 2.73. The van der Waals surface area contributed by atoms with Crippen LogP contribution in [0.25, 0.3) is 0 Å². The number of hydrogen-bond donors (Lipinski definition) is 2. The minimum absolute atomic E-state index is 0.137. The van der Waals surface area contributed by atoms with Crippen LogP contribution in [0.5, 0.6) is 11.5 Å². The summed E-state index contributed by atoms with van der Waals surface area (Å²) in [7, 11) is 2.91. The minimum Gasteiger partial charge on any atom is -0.493 e. The van der Waals surface area contributed by atoms with Crippen LogP contribution < -0.4 is 15.2 Å². The minimum atomic E-state index is -0.637. The number of benzene rings is 1. The fourth-order valence-electron chi connectivity index (χ4n) is 1.63. The van der Waals surface area contributed by atoms with Gasteiger partial charge in [0.2, 0.25) is 0 Å². The Labute approximate surface area is 107 Å². The third-order valence-electron chi connectivity index (χ3n) is 3.09. The van der Waals surface area contributed by atoms with Gasteiger partial charge in [0, 0.05) is 29.7 Å². The Bertz CT molecular complexity index is 421. The molecule has 0 amide bonds. The van der Waals surface area contributed by atoms with Gasteiger partial charge in [-0.15, -0.1) is 0 Å². The summed E-state index contributed by atoms with van der Waals surface area (Å²) in [6.07, 6.45) is 0. The van der Waals surface area contributed by atoms with E-state index >= 15 is 0 Å². The van der Waals surface area contributed by atoms with Gasteiger partial charge in [-0.2, -0.15) is 0 Å². The third-order valence-corrected chi connectivity index (χ3v) is 3.09. The number of methoxy groups -OCH3 is 2. The van der Waals surface area contributed by atoms with E-state index in [9.17, 15) is 9.50 Å². The van der Waals surface area contributed by atoms with Crippen LogP contribution in [0.1, 0.15) is 25.5 Å². The molecule has 0 heterocycles. The first-order valence-corrected chi connectivity index (χ1v) is 5.65. The first-order chi connectivity index (χ1) is 8.37. The second-order valence-corrected chi connectivity index (χ2v) is 4.85. The molecule has 0 bridgehead atoms. The lowest BCUT2D eigenvalue weighted by Gasteiger charge is -2.30. The van der Waals surface area contributed by atoms with Crippen molar-refractivity contribution in [3.63, 3.8) is 0 Å². The smallest absolute Gasteiger partial charge is 0.163 e. The Morgan fingerprint density at radius 1 is 1.28 bits per heavy atom. The number of aliphatic hydroxyl groups excluding tert-OH is 1. The number of rotatable bonds is 5. The summed E-state index contributed by atoms with van der Waals surface area (Å²) >= 11 is 0. The van der Waals surface area contributed by atoms with E-state index in [1.807, 2.05) is 0 Å². The molecule has 5 heteroatoms. The summed E-state index contributed by atoms with van der Waals surface area (Å²) in [5.41, 5.74) is 5.68. The van der Waals surface area contributed by atoms with Crippen LogP contribution in [-0.2, 0) is 0 Å². The van der Waals surface area contributed by atoms with Crippen LogP contribution in [0.2, 0.25) is 0 Å². The Morgan fingerprint density at radius 3 is 2.22 bits per heavy atom. The van der Waals surface area contributed by atoms with Crippen LogP contribution in [0, 0.1) is 11.2 Å². The first-order valence-electron chi connectivity index (χ1n) is 5.65. The molecule has 0 aliphatic rings. The van der Waals surface area contributed by atoms with Crippen LogP contribution in [0.4, 0.5) is 4.39 Å². The maximum Gasteiger partial charge on any atom is 0.163 e. The van der Waals surface area contributed by atoms with E-state index in [2.05, 4.69) is 0 Å². The molecule has 1 aromatic carbocycles. The number of nitrogens with two attached hydrogens (primary N) is 1. The molecule has 0 aliphatic carbocycles. The van der Waals surface area contributed by atoms with Crippen molar-refractivity contribution >= 4 is 0 Å². The fraction of sp³-hybridized carbons (Fsp3) is 0.538. The predicted molar refractivity (Wildman–Crippen MR) is 67.3 cm³/mol. The van der Waals surface area contributed by atoms with Gasteiger partial charge in [0.25, 0.3) is 0 Å². The van der Waals surface area contributed by atoms with E-state index in [0.29, 0.717) is 17.1 Å². The number of aliphatic hydroxyl groups is 1. The standard InChI is InChI=1S/C13H20FNO3/c1-13(2,7-16)12(15)8-5-10(17-3)11(18-4)6-9(8)14/h5-6,12,16H,7,15H2,1-4H3/t12-/m1/s1. The number of halogens is 1. The van der Waals surface area contributed by atoms with E-state index in [4.69, 9.17) is 15.2 Å². The quantitative estimate of drug-likeness (QED) is 0.845. The van der Waals surface area contributed by atoms with Crippen LogP contribution in [0.15, 0.2) is 12.1 Å². The Balaban J connectivity index is 3.25. The maximum absolute atomic E-state index is 14.0. The van der Waals surface area contributed by atoms with Crippen LogP contribution in [-0.4, -0.2) is 25.9 Å². The van der Waals surface area contributed by atoms with E-state index in [-0.39, 0.29) is 6.61 Å². The lowest BCUT2D eigenvalue weighted by molar-refractivity contribution is 0.130. The van der Waals surface area contributed by atoms with Gasteiger partial charge < -0.3 is 20.3 Å². The summed E-state index contributed by atoms with van der Waals surface area (Å²) in [4.78, 5) is 0. The molecule has 0 saturated heterocycles. The lowest BCUT2D eigenvalue weighted by Crippen LogP contribution is -2.33. The molecule has 1 aromatic rings. The molecule has 0 unspecified atom stereocenters. The van der Waals surface area contributed by atoms with E-state index < -0.39 is 17.3 Å². The zero-order chi connectivity index (χ0) is 13.9. The summed E-state index contributed by atoms with van der Waals surface area (Å²) in [6, 6.07) is 2.11. The van der Waals surface area contributed by atoms with Gasteiger partial charge in [0.05, 0.1) is 14.2 Å². The fourth-order valence-corrected chi connectivity index (χ4v) is 1.63. The zero-order valence-electron chi connectivity index (χ0n) is 11.2. The summed E-state index contributed by atoms with van der Waals surface area (Å²) in [6.45, 7) is 3.41. The molecule has 0 spiro atoms. The molecule has 0 saturated carbocycles. The SMILES string of the molecule is COc1cc(F)c([C@@H](N)C(C)(C)CO)cc1OC. The molecule has 1 atom stereocenters. The molecule has 18 heavy (non-hydrogen) atoms. The molecule has 0 radical (unpaired) electrons. The van der Waals surface area contributed by atoms with Crippen molar-refractivity contribution in [1.29, 1.82) is 0 Å². The van der Waals surface area contributed by atoms with Crippen molar-refractivity contribution in [2.45, 2.75) is 19.9 Å². The first kappa shape index (κ1) is 14.7. The Kier molecular flexibility index (Phi) is 4.53. The highest BCUT2D eigenvalue weighted by atomic mass is 19.1. The van der Waals surface area contributed by atoms with E-state index in [1.54, 1.807) is 13.8 Å². The monoisotopic (exact) mass is 257 g/mol. The summed E-state index contributed by atoms with van der Waals surface area (Å²) in [5.74, 6) is 0.257. The van der Waals surface area contributed by atoms with Gasteiger partial charge >= 0.3 is 0 Å². The van der Waals surface area contributed by atoms with Crippen molar-refractivity contribution in [2.75, 3.05) is 20.8 Å². The number of hydrogen-bond acceptors (Lipinski definition) is 4. The lowest BCUT2D eigenvalue weighted by atomic mass is 9.81. The van der Waals surface area contributed by atoms with Crippen molar-refractivity contribution in [3.05, 3.63) is 23.5 Å². The van der Waals surface area contributed by atoms with Crippen molar-refractivity contribution < 1.29 is 19.0 Å². The van der Waals surface area contributed by atoms with Crippen molar-refractivity contribution in [3.8, 4) is 11.5 Å². The Morgan fingerprint density at radius 2 is 1.78 bits per heavy atom. The second-order valence-electron chi connectivity index (χ2n) is 4.85. The van der Waals surface area contributed by atoms with Crippen molar-refractivity contribution in [1.82, 2.24) is 0 Å². The predicted octanol–water partition coefficient (Wildman–Crippen LogP) is 1.86. The summed E-state index contributed by atoms with van der Waals surface area (Å²) in [5, 5.41) is 9.29. The van der Waals surface area contributed by atoms with Gasteiger partial charge in [-0.1, -0.05) is 13.8 Å². The van der Waals surface area contributed by atoms with E-state index in [0.717, 1.165) is 0 Å². The molecule has 0 aromatic heterocycles. The van der Waals surface area contributed by atoms with Gasteiger partial charge in [-0.05, 0) is 6.07 Å². The largest absolute Gasteiger partial charge is 0.493 e. The summed E-state index contributed by atoms with van der Waals surface area (Å²) < 4.78 is 24.1. The molecule has 0 fully saturated rings. The van der Waals surface area contributed by atoms with Gasteiger partial charge in [0.15, 0.2) is 11.5 Å². The topological polar surface area (TPSA) is 64.7 Å². The number of ether oxygens (including phenoxy) is 2. The van der Waals surface area contributed by atoms with Crippen molar-refractivity contribution in [2.24, 2.45) is 11.1 Å². The van der Waals surface area contributed by atoms with Crippen LogP contribution in [0.3, 0.4) is 0 Å². The van der Waals surface area contributed by atoms with Gasteiger partial charge in [-0.3, -0.25) is 0 Å². The second kappa shape index (κ2) is 5.54.